The fraction of sp³-hybridized carbons (Fsp3) is 0.611. The Morgan fingerprint density at radius 1 is 1.26 bits per heavy atom. The van der Waals surface area contributed by atoms with Crippen LogP contribution in [0.15, 0.2) is 15.0 Å². The number of carboxylic acids is 1. The van der Waals surface area contributed by atoms with E-state index in [4.69, 9.17) is 9.90 Å². The normalized spacial score (nSPS) is 29.1. The summed E-state index contributed by atoms with van der Waals surface area (Å²) in [5.41, 5.74) is 3.12. The van der Waals surface area contributed by atoms with Gasteiger partial charge in [-0.3, -0.25) is 0 Å². The topological polar surface area (TPSA) is 69.6 Å². The largest absolute Gasteiger partial charge is 0.506 e. The van der Waals surface area contributed by atoms with Crippen molar-refractivity contribution in [3.05, 3.63) is 26.1 Å². The lowest BCUT2D eigenvalue weighted by Crippen LogP contribution is -2.59. The van der Waals surface area contributed by atoms with Gasteiger partial charge in [0, 0.05) is 11.5 Å². The van der Waals surface area contributed by atoms with Crippen molar-refractivity contribution in [2.24, 2.45) is 5.92 Å². The number of phenolic OH excluding ortho intramolecular Hbond substituents is 1. The van der Waals surface area contributed by atoms with E-state index >= 15 is 0 Å². The van der Waals surface area contributed by atoms with Crippen LogP contribution >= 0.6 is 31.9 Å². The summed E-state index contributed by atoms with van der Waals surface area (Å²) in [6.07, 6.45) is 2.52. The Balaban J connectivity index is 0.000000260. The molecule has 9 heteroatoms. The highest BCUT2D eigenvalue weighted by Gasteiger charge is 2.52. The van der Waals surface area contributed by atoms with Crippen LogP contribution in [0.5, 0.6) is 5.75 Å². The summed E-state index contributed by atoms with van der Waals surface area (Å²) in [6.45, 7) is 1.11. The average Bonchev–Trinajstić information content (AvgIpc) is 2.59. The molecule has 3 aliphatic rings. The van der Waals surface area contributed by atoms with Gasteiger partial charge in [0.15, 0.2) is 0 Å². The zero-order valence-electron chi connectivity index (χ0n) is 14.4. The fourth-order valence-corrected chi connectivity index (χ4v) is 6.63. The monoisotopic (exact) mass is 513 g/mol. The third kappa shape index (κ3) is 3.74. The number of aliphatic carboxylic acids is 1. The Bertz CT molecular complexity index is 752. The van der Waals surface area contributed by atoms with Crippen LogP contribution in [-0.2, 0) is 16.6 Å². The lowest BCUT2D eigenvalue weighted by Gasteiger charge is -2.56. The Morgan fingerprint density at radius 2 is 1.93 bits per heavy atom. The number of hydrogen-bond acceptors (Lipinski definition) is 3. The van der Waals surface area contributed by atoms with Gasteiger partial charge in [-0.15, -0.1) is 0 Å². The van der Waals surface area contributed by atoms with E-state index in [-0.39, 0.29) is 0 Å². The van der Waals surface area contributed by atoms with E-state index in [9.17, 15) is 18.3 Å². The number of rotatable bonds is 0. The van der Waals surface area contributed by atoms with Crippen LogP contribution in [0, 0.1) is 5.92 Å². The first-order chi connectivity index (χ1) is 12.6. The quantitative estimate of drug-likeness (QED) is 0.460. The summed E-state index contributed by atoms with van der Waals surface area (Å²) in [4.78, 5) is 8.90. The zero-order valence-corrected chi connectivity index (χ0v) is 17.5. The molecule has 3 atom stereocenters. The molecule has 1 saturated carbocycles. The predicted octanol–water partition coefficient (Wildman–Crippen LogP) is 4.90. The molecule has 27 heavy (non-hydrogen) atoms. The van der Waals surface area contributed by atoms with E-state index < -0.39 is 12.1 Å². The van der Waals surface area contributed by atoms with Gasteiger partial charge in [0.05, 0.1) is 8.95 Å². The van der Waals surface area contributed by atoms with Crippen LogP contribution in [-0.4, -0.2) is 34.9 Å². The Labute approximate surface area is 171 Å². The maximum absolute atomic E-state index is 10.6. The number of benzene rings is 1. The lowest BCUT2D eigenvalue weighted by molar-refractivity contribution is -0.192. The van der Waals surface area contributed by atoms with Gasteiger partial charge in [0.1, 0.15) is 5.75 Å². The molecule has 1 heterocycles. The maximum Gasteiger partial charge on any atom is 0.490 e. The number of hydrogen-bond donors (Lipinski definition) is 3. The molecule has 0 aromatic heterocycles. The molecular weight excluding hydrogens is 495 g/mol. The highest BCUT2D eigenvalue weighted by atomic mass is 79.9. The second kappa shape index (κ2) is 7.55. The molecule has 1 aliphatic heterocycles. The van der Waals surface area contributed by atoms with E-state index in [1.54, 1.807) is 0 Å². The summed E-state index contributed by atoms with van der Waals surface area (Å²) in [5.74, 6) is -1.64. The number of aromatic hydroxyl groups is 1. The van der Waals surface area contributed by atoms with Gasteiger partial charge in [-0.1, -0.05) is 12.8 Å². The summed E-state index contributed by atoms with van der Waals surface area (Å²) in [7, 11) is 0. The molecule has 150 valence electrons. The third-order valence-corrected chi connectivity index (χ3v) is 7.39. The predicted molar refractivity (Wildman–Crippen MR) is 101 cm³/mol. The molecule has 0 spiro atoms. The molecule has 1 aromatic rings. The van der Waals surface area contributed by atoms with E-state index in [1.165, 1.54) is 43.2 Å². The van der Waals surface area contributed by atoms with Crippen molar-refractivity contribution in [1.82, 2.24) is 5.32 Å². The van der Waals surface area contributed by atoms with Gasteiger partial charge in [-0.2, -0.15) is 13.2 Å². The summed E-state index contributed by atoms with van der Waals surface area (Å²) >= 11 is 7.19. The van der Waals surface area contributed by atoms with E-state index in [0.717, 1.165) is 27.8 Å². The van der Waals surface area contributed by atoms with Crippen LogP contribution < -0.4 is 5.32 Å². The first kappa shape index (κ1) is 20.9. The highest BCUT2D eigenvalue weighted by Crippen LogP contribution is 2.57. The highest BCUT2D eigenvalue weighted by molar-refractivity contribution is 9.11. The number of piperidine rings is 1. The van der Waals surface area contributed by atoms with Crippen molar-refractivity contribution in [2.45, 2.75) is 56.2 Å². The molecule has 1 saturated heterocycles. The maximum atomic E-state index is 10.6. The molecule has 4 rings (SSSR count). The van der Waals surface area contributed by atoms with Gasteiger partial charge in [-0.05, 0) is 87.2 Å². The summed E-state index contributed by atoms with van der Waals surface area (Å²) in [6, 6.07) is 2.77. The third-order valence-electron chi connectivity index (χ3n) is 6.02. The smallest absolute Gasteiger partial charge is 0.490 e. The standard InChI is InChI=1S/C16H19Br2NO.C2HF3O2/c17-11-7-9-8-12-10-3-1-2-4-16(10,5-6-19-12)13(9)14(18)15(11)20;3-2(4,5)1(6)7/h7,10,12,19-20H,1-6,8H2;(H,6,7)/t10-,12+,16+;/m1./s1. The minimum atomic E-state index is -5.08. The molecule has 0 radical (unpaired) electrons. The SMILES string of the molecule is O=C(O)C(F)(F)F.Oc1c(Br)cc2c(c1Br)[C@]13CCCC[C@@H]1[C@H](C2)NCC3. The Hall–Kier alpha value is -0.800. The van der Waals surface area contributed by atoms with Crippen LogP contribution in [0.3, 0.4) is 0 Å². The van der Waals surface area contributed by atoms with Crippen molar-refractivity contribution in [1.29, 1.82) is 0 Å². The molecule has 2 aliphatic carbocycles. The Kier molecular flexibility index (Phi) is 5.85. The van der Waals surface area contributed by atoms with Gasteiger partial charge in [0.25, 0.3) is 0 Å². The average molecular weight is 515 g/mol. The van der Waals surface area contributed by atoms with Gasteiger partial charge in [0.2, 0.25) is 0 Å². The van der Waals surface area contributed by atoms with Crippen LogP contribution in [0.4, 0.5) is 13.2 Å². The van der Waals surface area contributed by atoms with Crippen LogP contribution in [0.25, 0.3) is 0 Å². The van der Waals surface area contributed by atoms with Crippen molar-refractivity contribution in [3.8, 4) is 5.75 Å². The number of phenols is 1. The minimum Gasteiger partial charge on any atom is -0.506 e. The number of halogens is 5. The molecule has 3 N–H and O–H groups in total. The first-order valence-electron chi connectivity index (χ1n) is 8.81. The van der Waals surface area contributed by atoms with Crippen molar-refractivity contribution < 1.29 is 28.2 Å². The Morgan fingerprint density at radius 3 is 2.56 bits per heavy atom. The molecule has 1 aromatic carbocycles. The zero-order chi connectivity index (χ0) is 20.0. The van der Waals surface area contributed by atoms with Crippen molar-refractivity contribution in [3.63, 3.8) is 0 Å². The molecule has 2 fully saturated rings. The molecule has 0 amide bonds. The number of carboxylic acid groups (broad SMARTS) is 1. The summed E-state index contributed by atoms with van der Waals surface area (Å²) in [5, 5.41) is 21.2. The van der Waals surface area contributed by atoms with Crippen LogP contribution in [0.1, 0.15) is 43.2 Å². The summed E-state index contributed by atoms with van der Waals surface area (Å²) < 4.78 is 33.5. The molecule has 4 nitrogen and oxygen atoms in total. The number of carbonyl (C=O) groups is 1. The van der Waals surface area contributed by atoms with Crippen LogP contribution in [0.2, 0.25) is 0 Å². The van der Waals surface area contributed by atoms with Gasteiger partial charge >= 0.3 is 12.1 Å². The molecular formula is C18H20Br2F3NO3. The van der Waals surface area contributed by atoms with Gasteiger partial charge < -0.3 is 15.5 Å². The molecule has 2 bridgehead atoms. The van der Waals surface area contributed by atoms with E-state index in [0.29, 0.717) is 17.2 Å². The number of alkyl halides is 3. The lowest BCUT2D eigenvalue weighted by atomic mass is 9.53. The van der Waals surface area contributed by atoms with Gasteiger partial charge in [-0.25, -0.2) is 4.79 Å². The number of fused-ring (bicyclic) bond motifs is 1. The molecule has 0 unspecified atom stereocenters. The second-order valence-electron chi connectivity index (χ2n) is 7.38. The van der Waals surface area contributed by atoms with Crippen molar-refractivity contribution in [2.75, 3.05) is 6.54 Å². The fourth-order valence-electron chi connectivity index (χ4n) is 5.03. The van der Waals surface area contributed by atoms with E-state index in [1.807, 2.05) is 0 Å². The minimum absolute atomic E-state index is 0.290. The van der Waals surface area contributed by atoms with E-state index in [2.05, 4.69) is 43.2 Å². The number of nitrogens with one attached hydrogen (secondary N) is 1. The second-order valence-corrected chi connectivity index (χ2v) is 9.03. The first-order valence-corrected chi connectivity index (χ1v) is 10.4. The van der Waals surface area contributed by atoms with Crippen molar-refractivity contribution >= 4 is 37.8 Å².